The maximum absolute atomic E-state index is 4.49. The molecule has 230 valence electrons. The SMILES string of the molecule is c1ccc(-c2cccc(-c3ccccc3)c2)cc1.c1ccc(-c2ncnc(-c3ccccc3)n2)cc1.c1cnc(-c2ccncc2)nc1. The monoisotopic (exact) mass is 620 g/mol. The molecule has 0 N–H and O–H groups in total. The van der Waals surface area contributed by atoms with E-state index in [1.165, 1.54) is 22.3 Å². The van der Waals surface area contributed by atoms with Crippen molar-refractivity contribution in [1.82, 2.24) is 29.9 Å². The predicted molar refractivity (Wildman–Crippen MR) is 193 cm³/mol. The number of hydrogen-bond acceptors (Lipinski definition) is 6. The fraction of sp³-hybridized carbons (Fsp3) is 0. The maximum Gasteiger partial charge on any atom is 0.163 e. The van der Waals surface area contributed by atoms with Gasteiger partial charge in [-0.05, 0) is 46.5 Å². The topological polar surface area (TPSA) is 77.3 Å². The first-order valence-electron chi connectivity index (χ1n) is 15.5. The Hall–Kier alpha value is -6.66. The fourth-order valence-electron chi connectivity index (χ4n) is 4.84. The van der Waals surface area contributed by atoms with Gasteiger partial charge in [-0.1, -0.05) is 140 Å². The van der Waals surface area contributed by atoms with Crippen LogP contribution in [0, 0.1) is 0 Å². The summed E-state index contributed by atoms with van der Waals surface area (Å²) in [5, 5.41) is 0. The van der Waals surface area contributed by atoms with Crippen LogP contribution in [0.2, 0.25) is 0 Å². The van der Waals surface area contributed by atoms with Gasteiger partial charge in [-0.15, -0.1) is 0 Å². The zero-order valence-electron chi connectivity index (χ0n) is 26.2. The maximum atomic E-state index is 4.49. The third kappa shape index (κ3) is 8.74. The Balaban J connectivity index is 0.000000128. The molecule has 0 spiro atoms. The Morgan fingerprint density at radius 3 is 1.12 bits per heavy atom. The highest BCUT2D eigenvalue weighted by Crippen LogP contribution is 2.26. The molecule has 6 nitrogen and oxygen atoms in total. The number of rotatable bonds is 5. The van der Waals surface area contributed by atoms with Gasteiger partial charge >= 0.3 is 0 Å². The van der Waals surface area contributed by atoms with Gasteiger partial charge in [0.05, 0.1) is 0 Å². The van der Waals surface area contributed by atoms with E-state index in [1.807, 2.05) is 84.9 Å². The van der Waals surface area contributed by atoms with E-state index in [1.54, 1.807) is 37.2 Å². The molecular weight excluding hydrogens is 589 g/mol. The van der Waals surface area contributed by atoms with E-state index in [2.05, 4.69) is 103 Å². The Bertz CT molecular complexity index is 1830. The van der Waals surface area contributed by atoms with E-state index < -0.39 is 0 Å². The molecule has 0 fully saturated rings. The van der Waals surface area contributed by atoms with Crippen molar-refractivity contribution in [3.05, 3.63) is 195 Å². The quantitative estimate of drug-likeness (QED) is 0.191. The smallest absolute Gasteiger partial charge is 0.163 e. The highest BCUT2D eigenvalue weighted by atomic mass is 15.0. The highest BCUT2D eigenvalue weighted by Gasteiger charge is 2.05. The van der Waals surface area contributed by atoms with Gasteiger partial charge in [-0.25, -0.2) is 24.9 Å². The van der Waals surface area contributed by atoms with Gasteiger partial charge in [0.25, 0.3) is 0 Å². The van der Waals surface area contributed by atoms with Crippen LogP contribution in [-0.4, -0.2) is 29.9 Å². The lowest BCUT2D eigenvalue weighted by atomic mass is 9.99. The molecule has 0 aliphatic rings. The van der Waals surface area contributed by atoms with Crippen LogP contribution in [0.3, 0.4) is 0 Å². The van der Waals surface area contributed by atoms with Crippen LogP contribution in [-0.2, 0) is 0 Å². The standard InChI is InChI=1S/C18H14.C15H11N3.C9H7N3/c1-3-8-15(9-4-1)17-12-7-13-18(14-17)16-10-5-2-6-11-16;1-3-7-12(8-4-1)14-16-11-17-15(18-14)13-9-5-2-6-10-13;1-4-11-9(12-5-1)8-2-6-10-7-3-8/h1-14H;1-11H;1-7H. The molecule has 48 heavy (non-hydrogen) atoms. The van der Waals surface area contributed by atoms with Gasteiger partial charge in [0, 0.05) is 41.5 Å². The first kappa shape index (κ1) is 31.3. The summed E-state index contributed by atoms with van der Waals surface area (Å²) in [7, 11) is 0. The fourth-order valence-corrected chi connectivity index (χ4v) is 4.84. The van der Waals surface area contributed by atoms with E-state index in [4.69, 9.17) is 0 Å². The second-order valence-corrected chi connectivity index (χ2v) is 10.5. The largest absolute Gasteiger partial charge is 0.265 e. The molecule has 0 bridgehead atoms. The second kappa shape index (κ2) is 16.6. The van der Waals surface area contributed by atoms with E-state index in [-0.39, 0.29) is 0 Å². The summed E-state index contributed by atoms with van der Waals surface area (Å²) in [6, 6.07) is 55.0. The molecule has 0 amide bonds. The molecule has 5 aromatic carbocycles. The minimum Gasteiger partial charge on any atom is -0.265 e. The Kier molecular flexibility index (Phi) is 10.8. The van der Waals surface area contributed by atoms with Gasteiger partial charge in [0.15, 0.2) is 17.5 Å². The molecule has 8 rings (SSSR count). The third-order valence-electron chi connectivity index (χ3n) is 7.22. The molecule has 0 unspecified atom stereocenters. The van der Waals surface area contributed by atoms with Crippen LogP contribution in [0.4, 0.5) is 0 Å². The molecule has 0 atom stereocenters. The summed E-state index contributed by atoms with van der Waals surface area (Å²) in [6.07, 6.45) is 8.46. The average Bonchev–Trinajstić information content (AvgIpc) is 3.20. The van der Waals surface area contributed by atoms with Crippen LogP contribution in [0.25, 0.3) is 56.4 Å². The molecule has 3 heterocycles. The minimum atomic E-state index is 0.699. The minimum absolute atomic E-state index is 0.699. The van der Waals surface area contributed by atoms with E-state index in [0.717, 1.165) is 22.5 Å². The van der Waals surface area contributed by atoms with E-state index in [0.29, 0.717) is 11.6 Å². The molecule has 6 heteroatoms. The van der Waals surface area contributed by atoms with Crippen LogP contribution < -0.4 is 0 Å². The zero-order valence-corrected chi connectivity index (χ0v) is 26.2. The van der Waals surface area contributed by atoms with Crippen molar-refractivity contribution in [3.8, 4) is 56.4 Å². The summed E-state index contributed by atoms with van der Waals surface area (Å²) in [6.45, 7) is 0. The number of hydrogen-bond donors (Lipinski definition) is 0. The molecule has 0 aliphatic heterocycles. The van der Waals surface area contributed by atoms with Crippen molar-refractivity contribution in [2.45, 2.75) is 0 Å². The van der Waals surface area contributed by atoms with Gasteiger partial charge in [-0.2, -0.15) is 0 Å². The number of pyridine rings is 1. The Labute approximate surface area is 280 Å². The van der Waals surface area contributed by atoms with Crippen molar-refractivity contribution in [2.75, 3.05) is 0 Å². The van der Waals surface area contributed by atoms with Gasteiger partial charge in [-0.3, -0.25) is 4.98 Å². The van der Waals surface area contributed by atoms with Crippen molar-refractivity contribution >= 4 is 0 Å². The molecule has 3 aromatic heterocycles. The van der Waals surface area contributed by atoms with Crippen molar-refractivity contribution in [2.24, 2.45) is 0 Å². The highest BCUT2D eigenvalue weighted by molar-refractivity contribution is 5.73. The molecule has 8 aromatic rings. The summed E-state index contributed by atoms with van der Waals surface area (Å²) < 4.78 is 0. The first-order valence-corrected chi connectivity index (χ1v) is 15.5. The first-order chi connectivity index (χ1) is 23.8. The van der Waals surface area contributed by atoms with E-state index in [9.17, 15) is 0 Å². The number of nitrogens with zero attached hydrogens (tertiary/aromatic N) is 6. The summed E-state index contributed by atoms with van der Waals surface area (Å²) in [4.78, 5) is 25.1. The zero-order chi connectivity index (χ0) is 32.6. The lowest BCUT2D eigenvalue weighted by Crippen LogP contribution is -1.94. The summed E-state index contributed by atoms with van der Waals surface area (Å²) in [5.41, 5.74) is 8.03. The number of benzene rings is 5. The number of aromatic nitrogens is 6. The lowest BCUT2D eigenvalue weighted by molar-refractivity contribution is 1.07. The van der Waals surface area contributed by atoms with Crippen LogP contribution in [0.15, 0.2) is 195 Å². The van der Waals surface area contributed by atoms with Crippen molar-refractivity contribution < 1.29 is 0 Å². The van der Waals surface area contributed by atoms with Crippen LogP contribution in [0.1, 0.15) is 0 Å². The van der Waals surface area contributed by atoms with Gasteiger partial charge in [0.2, 0.25) is 0 Å². The average molecular weight is 621 g/mol. The molecule has 0 saturated heterocycles. The van der Waals surface area contributed by atoms with Gasteiger partial charge in [0.1, 0.15) is 6.33 Å². The molecule has 0 aliphatic carbocycles. The second-order valence-electron chi connectivity index (χ2n) is 10.5. The third-order valence-corrected chi connectivity index (χ3v) is 7.22. The van der Waals surface area contributed by atoms with Gasteiger partial charge < -0.3 is 0 Å². The van der Waals surface area contributed by atoms with Crippen LogP contribution in [0.5, 0.6) is 0 Å². The van der Waals surface area contributed by atoms with Crippen molar-refractivity contribution in [3.63, 3.8) is 0 Å². The predicted octanol–water partition coefficient (Wildman–Crippen LogP) is 9.76. The normalized spacial score (nSPS) is 10.1. The Morgan fingerprint density at radius 1 is 0.271 bits per heavy atom. The van der Waals surface area contributed by atoms with E-state index >= 15 is 0 Å². The molecule has 0 saturated carbocycles. The molecular formula is C42H32N6. The summed E-state index contributed by atoms with van der Waals surface area (Å²) in [5.74, 6) is 2.13. The Morgan fingerprint density at radius 2 is 0.667 bits per heavy atom. The van der Waals surface area contributed by atoms with Crippen molar-refractivity contribution in [1.29, 1.82) is 0 Å². The lowest BCUT2D eigenvalue weighted by Gasteiger charge is -2.05. The molecule has 0 radical (unpaired) electrons. The summed E-state index contributed by atoms with van der Waals surface area (Å²) >= 11 is 0. The van der Waals surface area contributed by atoms with Crippen LogP contribution >= 0.6 is 0 Å².